The lowest BCUT2D eigenvalue weighted by Crippen LogP contribution is -2.56. The van der Waals surface area contributed by atoms with Gasteiger partial charge in [-0.2, -0.15) is 0 Å². The lowest BCUT2D eigenvalue weighted by molar-refractivity contribution is -0.124. The van der Waals surface area contributed by atoms with Gasteiger partial charge in [-0.3, -0.25) is 14.5 Å². The molecule has 0 aliphatic carbocycles. The van der Waals surface area contributed by atoms with Gasteiger partial charge in [-0.25, -0.2) is 0 Å². The van der Waals surface area contributed by atoms with Crippen molar-refractivity contribution in [3.05, 3.63) is 53.6 Å². The molecule has 0 saturated carbocycles. The van der Waals surface area contributed by atoms with Crippen LogP contribution in [0, 0.1) is 0 Å². The number of para-hydroxylation sites is 1. The van der Waals surface area contributed by atoms with E-state index >= 15 is 0 Å². The van der Waals surface area contributed by atoms with E-state index in [0.717, 1.165) is 29.1 Å². The molecular formula is C24H26N2O3S. The smallest absolute Gasteiger partial charge is 0.269 e. The second kappa shape index (κ2) is 6.51. The standard InChI is InChI=1S/C24H26N2O3S/c1-5-29-17-11-9-16(10-12-17)25-20(27)14-30-24(25)19-8-6-7-18-15(2)13-23(3,4)26(21(18)19)22(24)28/h6-12,15H,5,13-14H2,1-4H3/t15-,24-/m1/s1. The van der Waals surface area contributed by atoms with E-state index in [1.807, 2.05) is 48.2 Å². The molecular weight excluding hydrogens is 396 g/mol. The highest BCUT2D eigenvalue weighted by molar-refractivity contribution is 8.02. The van der Waals surface area contributed by atoms with Gasteiger partial charge in [0.15, 0.2) is 0 Å². The Hall–Kier alpha value is -2.47. The van der Waals surface area contributed by atoms with Gasteiger partial charge in [-0.05, 0) is 62.9 Å². The number of ether oxygens (including phenoxy) is 1. The highest BCUT2D eigenvalue weighted by Crippen LogP contribution is 2.61. The molecule has 3 aliphatic heterocycles. The third kappa shape index (κ3) is 2.43. The minimum Gasteiger partial charge on any atom is -0.494 e. The van der Waals surface area contributed by atoms with Gasteiger partial charge in [0.2, 0.25) is 10.8 Å². The Kier molecular flexibility index (Phi) is 4.23. The van der Waals surface area contributed by atoms with Crippen LogP contribution in [-0.4, -0.2) is 29.7 Å². The van der Waals surface area contributed by atoms with Crippen LogP contribution < -0.4 is 14.5 Å². The van der Waals surface area contributed by atoms with Gasteiger partial charge in [0.25, 0.3) is 5.91 Å². The first-order valence-corrected chi connectivity index (χ1v) is 11.5. The third-order valence-corrected chi connectivity index (χ3v) is 7.85. The molecule has 0 aromatic heterocycles. The van der Waals surface area contributed by atoms with Crippen LogP contribution in [0.1, 0.15) is 51.2 Å². The molecule has 1 fully saturated rings. The van der Waals surface area contributed by atoms with E-state index in [2.05, 4.69) is 26.8 Å². The zero-order valence-electron chi connectivity index (χ0n) is 17.8. The quantitative estimate of drug-likeness (QED) is 0.722. The van der Waals surface area contributed by atoms with Crippen molar-refractivity contribution >= 4 is 35.0 Å². The fourth-order valence-corrected chi connectivity index (χ4v) is 6.72. The average Bonchev–Trinajstić information content (AvgIpc) is 3.18. The van der Waals surface area contributed by atoms with Crippen molar-refractivity contribution in [1.29, 1.82) is 0 Å². The van der Waals surface area contributed by atoms with E-state index in [-0.39, 0.29) is 23.1 Å². The first kappa shape index (κ1) is 19.5. The number of carbonyl (C=O) groups is 2. The van der Waals surface area contributed by atoms with E-state index in [9.17, 15) is 9.59 Å². The molecule has 3 aliphatic rings. The van der Waals surface area contributed by atoms with E-state index < -0.39 is 4.87 Å². The summed E-state index contributed by atoms with van der Waals surface area (Å²) >= 11 is 1.44. The minimum absolute atomic E-state index is 0.00779. The van der Waals surface area contributed by atoms with Crippen molar-refractivity contribution in [3.63, 3.8) is 0 Å². The number of nitrogens with zero attached hydrogens (tertiary/aromatic N) is 2. The molecule has 30 heavy (non-hydrogen) atoms. The zero-order valence-corrected chi connectivity index (χ0v) is 18.6. The number of thioether (sulfide) groups is 1. The molecule has 6 heteroatoms. The normalized spacial score (nSPS) is 26.5. The van der Waals surface area contributed by atoms with Gasteiger partial charge in [0.1, 0.15) is 5.75 Å². The highest BCUT2D eigenvalue weighted by Gasteiger charge is 2.64. The van der Waals surface area contributed by atoms with Crippen LogP contribution in [0.2, 0.25) is 0 Å². The molecule has 2 aromatic rings. The molecule has 5 rings (SSSR count). The lowest BCUT2D eigenvalue weighted by Gasteiger charge is -2.44. The molecule has 0 N–H and O–H groups in total. The van der Waals surface area contributed by atoms with Crippen molar-refractivity contribution in [2.75, 3.05) is 22.2 Å². The molecule has 3 heterocycles. The van der Waals surface area contributed by atoms with Crippen molar-refractivity contribution in [2.45, 2.75) is 50.4 Å². The van der Waals surface area contributed by atoms with E-state index in [0.29, 0.717) is 12.5 Å². The number of amides is 2. The molecule has 1 saturated heterocycles. The summed E-state index contributed by atoms with van der Waals surface area (Å²) in [5, 5.41) is 0. The predicted molar refractivity (Wildman–Crippen MR) is 120 cm³/mol. The van der Waals surface area contributed by atoms with E-state index in [1.54, 1.807) is 4.90 Å². The van der Waals surface area contributed by atoms with Gasteiger partial charge in [0.05, 0.1) is 18.0 Å². The average molecular weight is 423 g/mol. The van der Waals surface area contributed by atoms with Gasteiger partial charge >= 0.3 is 0 Å². The molecule has 0 radical (unpaired) electrons. The highest BCUT2D eigenvalue weighted by atomic mass is 32.2. The van der Waals surface area contributed by atoms with Gasteiger partial charge in [0, 0.05) is 16.8 Å². The van der Waals surface area contributed by atoms with Crippen LogP contribution in [0.3, 0.4) is 0 Å². The maximum Gasteiger partial charge on any atom is 0.269 e. The summed E-state index contributed by atoms with van der Waals surface area (Å²) in [6.07, 6.45) is 0.896. The Morgan fingerprint density at radius 1 is 1.10 bits per heavy atom. The van der Waals surface area contributed by atoms with Gasteiger partial charge in [-0.1, -0.05) is 25.1 Å². The number of carbonyl (C=O) groups excluding carboxylic acids is 2. The first-order chi connectivity index (χ1) is 14.3. The number of rotatable bonds is 3. The Bertz CT molecular complexity index is 1050. The van der Waals surface area contributed by atoms with Crippen LogP contribution in [0.25, 0.3) is 0 Å². The second-order valence-electron chi connectivity index (χ2n) is 8.89. The fraction of sp³-hybridized carbons (Fsp3) is 0.417. The molecule has 2 atom stereocenters. The maximum atomic E-state index is 14.1. The lowest BCUT2D eigenvalue weighted by atomic mass is 9.80. The summed E-state index contributed by atoms with van der Waals surface area (Å²) in [6.45, 7) is 9.00. The fourth-order valence-electron chi connectivity index (χ4n) is 5.39. The molecule has 0 unspecified atom stereocenters. The summed E-state index contributed by atoms with van der Waals surface area (Å²) < 4.78 is 5.56. The second-order valence-corrected chi connectivity index (χ2v) is 10.1. The number of fused-ring (bicyclic) bond motifs is 1. The Morgan fingerprint density at radius 3 is 2.53 bits per heavy atom. The van der Waals surface area contributed by atoms with Crippen LogP contribution in [0.5, 0.6) is 5.75 Å². The van der Waals surface area contributed by atoms with Crippen molar-refractivity contribution < 1.29 is 14.3 Å². The number of hydrogen-bond donors (Lipinski definition) is 0. The minimum atomic E-state index is -1.04. The van der Waals surface area contributed by atoms with Crippen LogP contribution in [0.4, 0.5) is 11.4 Å². The van der Waals surface area contributed by atoms with Crippen molar-refractivity contribution in [1.82, 2.24) is 0 Å². The van der Waals surface area contributed by atoms with Crippen LogP contribution >= 0.6 is 11.8 Å². The molecule has 1 spiro atoms. The SMILES string of the molecule is CCOc1ccc(N2C(=O)CS[C@]23C(=O)N2c4c(cccc43)[C@H](C)CC2(C)C)cc1. The molecule has 2 aromatic carbocycles. The molecule has 5 nitrogen and oxygen atoms in total. The number of anilines is 2. The zero-order chi connectivity index (χ0) is 21.3. The number of hydrogen-bond acceptors (Lipinski definition) is 4. The van der Waals surface area contributed by atoms with Gasteiger partial charge in [-0.15, -0.1) is 11.8 Å². The largest absolute Gasteiger partial charge is 0.494 e. The monoisotopic (exact) mass is 422 g/mol. The van der Waals surface area contributed by atoms with E-state index in [1.165, 1.54) is 17.3 Å². The Balaban J connectivity index is 1.70. The Morgan fingerprint density at radius 2 is 1.83 bits per heavy atom. The topological polar surface area (TPSA) is 49.9 Å². The molecule has 2 amide bonds. The summed E-state index contributed by atoms with van der Waals surface area (Å²) in [6, 6.07) is 13.7. The summed E-state index contributed by atoms with van der Waals surface area (Å²) in [7, 11) is 0. The molecule has 0 bridgehead atoms. The third-order valence-electron chi connectivity index (χ3n) is 6.47. The number of benzene rings is 2. The van der Waals surface area contributed by atoms with Crippen LogP contribution in [0.15, 0.2) is 42.5 Å². The summed E-state index contributed by atoms with van der Waals surface area (Å²) in [5.74, 6) is 1.35. The van der Waals surface area contributed by atoms with E-state index in [4.69, 9.17) is 4.74 Å². The Labute approximate surface area is 181 Å². The maximum absolute atomic E-state index is 14.1. The predicted octanol–water partition coefficient (Wildman–Crippen LogP) is 4.65. The van der Waals surface area contributed by atoms with Crippen LogP contribution in [-0.2, 0) is 14.5 Å². The van der Waals surface area contributed by atoms with Crippen molar-refractivity contribution in [3.8, 4) is 5.75 Å². The first-order valence-electron chi connectivity index (χ1n) is 10.5. The van der Waals surface area contributed by atoms with Gasteiger partial charge < -0.3 is 9.64 Å². The molecule has 156 valence electrons. The van der Waals surface area contributed by atoms with Crippen molar-refractivity contribution in [2.24, 2.45) is 0 Å². The summed E-state index contributed by atoms with van der Waals surface area (Å²) in [4.78, 5) is 29.9. The summed E-state index contributed by atoms with van der Waals surface area (Å²) in [5.41, 5.74) is 3.56.